The summed E-state index contributed by atoms with van der Waals surface area (Å²) in [4.78, 5) is 17.3. The summed E-state index contributed by atoms with van der Waals surface area (Å²) in [5, 5.41) is 7.69. The van der Waals surface area contributed by atoms with Crippen LogP contribution in [-0.4, -0.2) is 20.5 Å². The Morgan fingerprint density at radius 3 is 2.69 bits per heavy atom. The summed E-state index contributed by atoms with van der Waals surface area (Å²) in [5.74, 6) is 0.0748. The Balaban J connectivity index is 1.42. The predicted octanol–water partition coefficient (Wildman–Crippen LogP) is 4.34. The van der Waals surface area contributed by atoms with E-state index in [1.54, 1.807) is 0 Å². The second-order valence-corrected chi connectivity index (χ2v) is 8.34. The highest BCUT2D eigenvalue weighted by Gasteiger charge is 2.16. The van der Waals surface area contributed by atoms with Gasteiger partial charge >= 0.3 is 0 Å². The number of amides is 1. The van der Waals surface area contributed by atoms with Crippen LogP contribution in [0.15, 0.2) is 24.3 Å². The van der Waals surface area contributed by atoms with Crippen LogP contribution in [0, 0.1) is 20.8 Å². The van der Waals surface area contributed by atoms with Gasteiger partial charge < -0.3 is 5.32 Å². The molecule has 1 amide bonds. The highest BCUT2D eigenvalue weighted by Crippen LogP contribution is 2.25. The molecule has 1 aliphatic rings. The van der Waals surface area contributed by atoms with Gasteiger partial charge in [-0.25, -0.2) is 9.50 Å². The van der Waals surface area contributed by atoms with Gasteiger partial charge in [-0.15, -0.1) is 0 Å². The van der Waals surface area contributed by atoms with E-state index in [-0.39, 0.29) is 11.9 Å². The Labute approximate surface area is 172 Å². The van der Waals surface area contributed by atoms with E-state index in [4.69, 9.17) is 0 Å². The summed E-state index contributed by atoms with van der Waals surface area (Å²) in [6.45, 7) is 8.10. The minimum Gasteiger partial charge on any atom is -0.350 e. The smallest absolute Gasteiger partial charge is 0.220 e. The summed E-state index contributed by atoms with van der Waals surface area (Å²) in [5.41, 5.74) is 9.09. The van der Waals surface area contributed by atoms with Crippen molar-refractivity contribution in [1.82, 2.24) is 19.9 Å². The van der Waals surface area contributed by atoms with Gasteiger partial charge in [-0.3, -0.25) is 4.79 Å². The fourth-order valence-corrected chi connectivity index (χ4v) is 4.46. The molecule has 5 nitrogen and oxygen atoms in total. The summed E-state index contributed by atoms with van der Waals surface area (Å²) in [7, 11) is 0. The van der Waals surface area contributed by atoms with Crippen molar-refractivity contribution >= 4 is 11.6 Å². The fraction of sp³-hybridized carbons (Fsp3) is 0.458. The van der Waals surface area contributed by atoms with Crippen molar-refractivity contribution in [3.63, 3.8) is 0 Å². The molecular weight excluding hydrogens is 360 g/mol. The van der Waals surface area contributed by atoms with Gasteiger partial charge in [0.05, 0.1) is 11.7 Å². The number of nitrogens with one attached hydrogen (secondary N) is 1. The van der Waals surface area contributed by atoms with E-state index in [9.17, 15) is 4.79 Å². The largest absolute Gasteiger partial charge is 0.350 e. The fourth-order valence-electron chi connectivity index (χ4n) is 4.46. The molecule has 152 valence electrons. The third-order valence-electron chi connectivity index (χ3n) is 6.14. The average Bonchev–Trinajstić information content (AvgIpc) is 3.07. The van der Waals surface area contributed by atoms with Gasteiger partial charge in [0.15, 0.2) is 5.65 Å². The number of hydrogen-bond donors (Lipinski definition) is 1. The number of rotatable bonds is 5. The topological polar surface area (TPSA) is 59.3 Å². The van der Waals surface area contributed by atoms with Gasteiger partial charge in [0, 0.05) is 23.9 Å². The Hall–Kier alpha value is -2.69. The molecule has 0 aliphatic heterocycles. The molecule has 0 spiro atoms. The van der Waals surface area contributed by atoms with Crippen LogP contribution >= 0.6 is 0 Å². The normalized spacial score (nSPS) is 14.6. The molecule has 0 saturated carbocycles. The quantitative estimate of drug-likeness (QED) is 0.705. The number of aromatic nitrogens is 3. The van der Waals surface area contributed by atoms with Crippen LogP contribution in [0.1, 0.15) is 71.6 Å². The van der Waals surface area contributed by atoms with Crippen LogP contribution in [0.25, 0.3) is 5.65 Å². The molecule has 29 heavy (non-hydrogen) atoms. The highest BCUT2D eigenvalue weighted by molar-refractivity contribution is 5.76. The van der Waals surface area contributed by atoms with Gasteiger partial charge in [-0.1, -0.05) is 18.2 Å². The Morgan fingerprint density at radius 2 is 1.90 bits per heavy atom. The number of benzene rings is 1. The van der Waals surface area contributed by atoms with Crippen molar-refractivity contribution in [3.05, 3.63) is 63.6 Å². The Kier molecular flexibility index (Phi) is 5.39. The summed E-state index contributed by atoms with van der Waals surface area (Å²) >= 11 is 0. The van der Waals surface area contributed by atoms with Crippen LogP contribution in [0.5, 0.6) is 0 Å². The van der Waals surface area contributed by atoms with Crippen LogP contribution < -0.4 is 5.32 Å². The van der Waals surface area contributed by atoms with Crippen molar-refractivity contribution < 1.29 is 4.79 Å². The molecule has 2 aromatic heterocycles. The summed E-state index contributed by atoms with van der Waals surface area (Å²) in [6.07, 6.45) is 6.01. The van der Waals surface area contributed by atoms with Gasteiger partial charge in [0.25, 0.3) is 0 Å². The first-order chi connectivity index (χ1) is 13.9. The Morgan fingerprint density at radius 1 is 1.14 bits per heavy atom. The number of nitrogens with zero attached hydrogens (tertiary/aromatic N) is 3. The van der Waals surface area contributed by atoms with E-state index in [1.165, 1.54) is 36.0 Å². The van der Waals surface area contributed by atoms with Crippen LogP contribution in [0.2, 0.25) is 0 Å². The molecule has 2 heterocycles. The van der Waals surface area contributed by atoms with E-state index in [0.717, 1.165) is 34.7 Å². The number of carbonyl (C=O) groups excluding carboxylic acids is 1. The molecule has 1 atom stereocenters. The molecule has 1 N–H and O–H groups in total. The third-order valence-corrected chi connectivity index (χ3v) is 6.14. The molecule has 1 aromatic carbocycles. The van der Waals surface area contributed by atoms with Gasteiger partial charge in [0.2, 0.25) is 5.91 Å². The zero-order chi connectivity index (χ0) is 20.5. The van der Waals surface area contributed by atoms with Crippen LogP contribution in [-0.2, 0) is 24.1 Å². The van der Waals surface area contributed by atoms with Gasteiger partial charge in [0.1, 0.15) is 0 Å². The van der Waals surface area contributed by atoms with Crippen molar-refractivity contribution in [2.24, 2.45) is 0 Å². The lowest BCUT2D eigenvalue weighted by molar-refractivity contribution is -0.121. The average molecular weight is 391 g/mol. The van der Waals surface area contributed by atoms with E-state index >= 15 is 0 Å². The third kappa shape index (κ3) is 4.04. The SMILES string of the molecule is Cc1cc2nc(C)c(CCC(=O)NC(C)c3ccc4c(c3)CCCC4)c(C)n2n1. The van der Waals surface area contributed by atoms with E-state index < -0.39 is 0 Å². The van der Waals surface area contributed by atoms with Gasteiger partial charge in [-0.05, 0) is 82.1 Å². The maximum Gasteiger partial charge on any atom is 0.220 e. The number of aryl methyl sites for hydroxylation is 5. The first kappa shape index (κ1) is 19.6. The van der Waals surface area contributed by atoms with Crippen LogP contribution in [0.4, 0.5) is 0 Å². The van der Waals surface area contributed by atoms with Crippen LogP contribution in [0.3, 0.4) is 0 Å². The lowest BCUT2D eigenvalue weighted by Crippen LogP contribution is -2.27. The van der Waals surface area contributed by atoms with Crippen molar-refractivity contribution in [1.29, 1.82) is 0 Å². The standard InChI is InChI=1S/C24H30N4O/c1-15-13-23-25-17(3)22(18(4)28(23)27-15)11-12-24(29)26-16(2)20-10-9-19-7-5-6-8-21(19)14-20/h9-10,13-14,16H,5-8,11-12H2,1-4H3,(H,26,29). The molecule has 0 bridgehead atoms. The minimum atomic E-state index is 0.0197. The van der Waals surface area contributed by atoms with Crippen molar-refractivity contribution in [2.75, 3.05) is 0 Å². The number of carbonyl (C=O) groups is 1. The molecule has 4 rings (SSSR count). The highest BCUT2D eigenvalue weighted by atomic mass is 16.1. The molecule has 0 radical (unpaired) electrons. The van der Waals surface area contributed by atoms with Crippen molar-refractivity contribution in [3.8, 4) is 0 Å². The maximum atomic E-state index is 12.6. The molecule has 0 fully saturated rings. The molecule has 5 heteroatoms. The van der Waals surface area contributed by atoms with E-state index in [1.807, 2.05) is 24.4 Å². The molecule has 1 aliphatic carbocycles. The molecular formula is C24H30N4O. The van der Waals surface area contributed by atoms with E-state index in [0.29, 0.717) is 12.8 Å². The lowest BCUT2D eigenvalue weighted by Gasteiger charge is -2.20. The van der Waals surface area contributed by atoms with E-state index in [2.05, 4.69) is 47.4 Å². The lowest BCUT2D eigenvalue weighted by atomic mass is 9.89. The zero-order valence-electron chi connectivity index (χ0n) is 17.9. The predicted molar refractivity (Wildman–Crippen MR) is 115 cm³/mol. The number of hydrogen-bond acceptors (Lipinski definition) is 3. The molecule has 1 unspecified atom stereocenters. The minimum absolute atomic E-state index is 0.0197. The molecule has 0 saturated heterocycles. The summed E-state index contributed by atoms with van der Waals surface area (Å²) in [6, 6.07) is 8.70. The number of fused-ring (bicyclic) bond motifs is 2. The zero-order valence-corrected chi connectivity index (χ0v) is 17.9. The Bertz CT molecular complexity index is 1070. The monoisotopic (exact) mass is 390 g/mol. The summed E-state index contributed by atoms with van der Waals surface area (Å²) < 4.78 is 1.88. The molecule has 3 aromatic rings. The first-order valence-electron chi connectivity index (χ1n) is 10.7. The second-order valence-electron chi connectivity index (χ2n) is 8.34. The van der Waals surface area contributed by atoms with Crippen molar-refractivity contribution in [2.45, 2.75) is 72.3 Å². The first-order valence-corrected chi connectivity index (χ1v) is 10.7. The maximum absolute atomic E-state index is 12.6. The van der Waals surface area contributed by atoms with Gasteiger partial charge in [-0.2, -0.15) is 5.10 Å². The second kappa shape index (κ2) is 7.97.